The molecule has 0 spiro atoms. The summed E-state index contributed by atoms with van der Waals surface area (Å²) in [4.78, 5) is 0. The van der Waals surface area contributed by atoms with Crippen LogP contribution in [-0.2, 0) is 16.6 Å². The minimum Gasteiger partial charge on any atom is -0.259 e. The van der Waals surface area contributed by atoms with Crippen LogP contribution >= 0.6 is 0 Å². The van der Waals surface area contributed by atoms with Crippen LogP contribution in [0.3, 0.4) is 0 Å². The summed E-state index contributed by atoms with van der Waals surface area (Å²) in [6, 6.07) is 10.1. The molecule has 1 atom stereocenters. The van der Waals surface area contributed by atoms with Crippen molar-refractivity contribution in [3.05, 3.63) is 48.3 Å². The molecule has 1 fully saturated rings. The number of aromatic nitrogens is 2. The Kier molecular flexibility index (Phi) is 4.31. The van der Waals surface area contributed by atoms with Crippen molar-refractivity contribution < 1.29 is 4.21 Å². The highest BCUT2D eigenvalue weighted by Crippen LogP contribution is 2.24. The van der Waals surface area contributed by atoms with E-state index < -0.39 is 10.8 Å². The Labute approximate surface area is 122 Å². The van der Waals surface area contributed by atoms with Crippen molar-refractivity contribution >= 4 is 10.8 Å². The average molecular weight is 288 g/mol. The number of benzene rings is 1. The Morgan fingerprint density at radius 3 is 2.55 bits per heavy atom. The molecule has 0 bridgehead atoms. The highest BCUT2D eigenvalue weighted by Gasteiger charge is 2.19. The van der Waals surface area contributed by atoms with Gasteiger partial charge in [-0.1, -0.05) is 31.4 Å². The van der Waals surface area contributed by atoms with Gasteiger partial charge in [0.25, 0.3) is 0 Å². The first-order chi connectivity index (χ1) is 9.83. The fourth-order valence-electron chi connectivity index (χ4n) is 2.78. The molecule has 0 saturated heterocycles. The van der Waals surface area contributed by atoms with Crippen molar-refractivity contribution in [1.82, 2.24) is 9.78 Å². The maximum Gasteiger partial charge on any atom is 0.0645 e. The molecule has 3 rings (SSSR count). The van der Waals surface area contributed by atoms with Crippen LogP contribution in [0.25, 0.3) is 5.69 Å². The molecule has 2 aromatic rings. The number of rotatable bonds is 4. The molecule has 3 nitrogen and oxygen atoms in total. The van der Waals surface area contributed by atoms with Gasteiger partial charge in [0.1, 0.15) is 0 Å². The molecule has 1 aromatic heterocycles. The third-order valence-electron chi connectivity index (χ3n) is 3.94. The Morgan fingerprint density at radius 1 is 1.15 bits per heavy atom. The summed E-state index contributed by atoms with van der Waals surface area (Å²) in [6.07, 6.45) is 9.77. The van der Waals surface area contributed by atoms with E-state index >= 15 is 0 Å². The first-order valence-corrected chi connectivity index (χ1v) is 8.67. The summed E-state index contributed by atoms with van der Waals surface area (Å²) in [6.45, 7) is 0. The van der Waals surface area contributed by atoms with Crippen LogP contribution in [0.5, 0.6) is 0 Å². The lowest BCUT2D eigenvalue weighted by molar-refractivity contribution is 0.504. The average Bonchev–Trinajstić information content (AvgIpc) is 3.03. The molecule has 0 radical (unpaired) electrons. The normalized spacial score (nSPS) is 18.0. The van der Waals surface area contributed by atoms with Gasteiger partial charge in [-0.15, -0.1) is 0 Å². The Morgan fingerprint density at radius 2 is 1.90 bits per heavy atom. The van der Waals surface area contributed by atoms with Crippen LogP contribution in [0, 0.1) is 0 Å². The number of hydrogen-bond donors (Lipinski definition) is 0. The first-order valence-electron chi connectivity index (χ1n) is 7.29. The smallest absolute Gasteiger partial charge is 0.0645 e. The molecular formula is C16H20N2OS. The van der Waals surface area contributed by atoms with E-state index in [9.17, 15) is 4.21 Å². The Hall–Kier alpha value is -1.42. The highest BCUT2D eigenvalue weighted by atomic mass is 32.2. The fraction of sp³-hybridized carbons (Fsp3) is 0.438. The van der Waals surface area contributed by atoms with Crippen LogP contribution in [-0.4, -0.2) is 19.2 Å². The van der Waals surface area contributed by atoms with Crippen molar-refractivity contribution in [3.8, 4) is 5.69 Å². The summed E-state index contributed by atoms with van der Waals surface area (Å²) in [5.41, 5.74) is 2.20. The maximum atomic E-state index is 12.4. The molecule has 20 heavy (non-hydrogen) atoms. The molecule has 0 unspecified atom stereocenters. The lowest BCUT2D eigenvalue weighted by Gasteiger charge is -2.20. The largest absolute Gasteiger partial charge is 0.259 e. The lowest BCUT2D eigenvalue weighted by atomic mass is 10.0. The van der Waals surface area contributed by atoms with Crippen LogP contribution in [0.4, 0.5) is 0 Å². The fourth-order valence-corrected chi connectivity index (χ4v) is 4.39. The van der Waals surface area contributed by atoms with Gasteiger partial charge in [-0.25, -0.2) is 4.68 Å². The van der Waals surface area contributed by atoms with E-state index in [4.69, 9.17) is 0 Å². The topological polar surface area (TPSA) is 34.9 Å². The van der Waals surface area contributed by atoms with Crippen molar-refractivity contribution in [3.63, 3.8) is 0 Å². The molecule has 4 heteroatoms. The van der Waals surface area contributed by atoms with Gasteiger partial charge in [0.2, 0.25) is 0 Å². The monoisotopic (exact) mass is 288 g/mol. The Bertz CT molecular complexity index is 557. The van der Waals surface area contributed by atoms with Gasteiger partial charge in [-0.3, -0.25) is 4.21 Å². The predicted molar refractivity (Wildman–Crippen MR) is 82.3 cm³/mol. The van der Waals surface area contributed by atoms with Crippen LogP contribution in [0.15, 0.2) is 42.7 Å². The SMILES string of the molecule is O=[S@@](Cc1ccc(-n2cccn2)cc1)C1CCCCC1. The van der Waals surface area contributed by atoms with Crippen LogP contribution in [0.2, 0.25) is 0 Å². The molecule has 1 aliphatic rings. The van der Waals surface area contributed by atoms with Crippen LogP contribution < -0.4 is 0 Å². The molecule has 0 N–H and O–H groups in total. The van der Waals surface area contributed by atoms with Crippen molar-refractivity contribution in [2.24, 2.45) is 0 Å². The number of hydrogen-bond acceptors (Lipinski definition) is 2. The molecular weight excluding hydrogens is 268 g/mol. The quantitative estimate of drug-likeness (QED) is 0.863. The van der Waals surface area contributed by atoms with E-state index in [0.717, 1.165) is 24.1 Å². The zero-order valence-corrected chi connectivity index (χ0v) is 12.4. The molecule has 106 valence electrons. The summed E-state index contributed by atoms with van der Waals surface area (Å²) in [5.74, 6) is 0.685. The second-order valence-electron chi connectivity index (χ2n) is 5.40. The molecule has 0 amide bonds. The summed E-state index contributed by atoms with van der Waals surface area (Å²) in [7, 11) is -0.723. The van der Waals surface area contributed by atoms with Crippen molar-refractivity contribution in [2.45, 2.75) is 43.1 Å². The maximum absolute atomic E-state index is 12.4. The zero-order chi connectivity index (χ0) is 13.8. The van der Waals surface area contributed by atoms with Gasteiger partial charge < -0.3 is 0 Å². The number of nitrogens with zero attached hydrogens (tertiary/aromatic N) is 2. The zero-order valence-electron chi connectivity index (χ0n) is 11.6. The molecule has 1 aromatic carbocycles. The lowest BCUT2D eigenvalue weighted by Crippen LogP contribution is -2.19. The second kappa shape index (κ2) is 6.35. The van der Waals surface area contributed by atoms with Gasteiger partial charge in [0.05, 0.1) is 5.69 Å². The van der Waals surface area contributed by atoms with Gasteiger partial charge in [0, 0.05) is 34.2 Å². The van der Waals surface area contributed by atoms with Crippen molar-refractivity contribution in [1.29, 1.82) is 0 Å². The van der Waals surface area contributed by atoms with E-state index in [0.29, 0.717) is 11.0 Å². The minimum atomic E-state index is -0.723. The highest BCUT2D eigenvalue weighted by molar-refractivity contribution is 7.84. The molecule has 1 heterocycles. The van der Waals surface area contributed by atoms with Gasteiger partial charge in [-0.2, -0.15) is 5.10 Å². The third kappa shape index (κ3) is 3.18. The minimum absolute atomic E-state index is 0.412. The second-order valence-corrected chi connectivity index (χ2v) is 7.12. The third-order valence-corrected chi connectivity index (χ3v) is 5.77. The summed E-state index contributed by atoms with van der Waals surface area (Å²) in [5, 5.41) is 4.62. The molecule has 1 aliphatic carbocycles. The summed E-state index contributed by atoms with van der Waals surface area (Å²) >= 11 is 0. The van der Waals surface area contributed by atoms with Crippen LogP contribution in [0.1, 0.15) is 37.7 Å². The predicted octanol–water partition coefficient (Wildman–Crippen LogP) is 3.45. The van der Waals surface area contributed by atoms with Gasteiger partial charge in [0.15, 0.2) is 0 Å². The van der Waals surface area contributed by atoms with E-state index in [1.807, 2.05) is 29.1 Å². The van der Waals surface area contributed by atoms with E-state index in [-0.39, 0.29) is 0 Å². The summed E-state index contributed by atoms with van der Waals surface area (Å²) < 4.78 is 14.2. The van der Waals surface area contributed by atoms with Gasteiger partial charge >= 0.3 is 0 Å². The first kappa shape index (κ1) is 13.6. The van der Waals surface area contributed by atoms with E-state index in [1.54, 1.807) is 6.20 Å². The standard InChI is InChI=1S/C16H20N2OS/c19-20(16-5-2-1-3-6-16)13-14-7-9-15(10-8-14)18-12-4-11-17-18/h4,7-12,16H,1-3,5-6,13H2/t20-/m0/s1. The Balaban J connectivity index is 1.64. The van der Waals surface area contributed by atoms with Gasteiger partial charge in [-0.05, 0) is 36.6 Å². The molecule has 1 saturated carbocycles. The molecule has 0 aliphatic heterocycles. The van der Waals surface area contributed by atoms with Crippen molar-refractivity contribution in [2.75, 3.05) is 0 Å². The van der Waals surface area contributed by atoms with E-state index in [1.165, 1.54) is 19.3 Å². The van der Waals surface area contributed by atoms with E-state index in [2.05, 4.69) is 17.2 Å².